The highest BCUT2D eigenvalue weighted by Crippen LogP contribution is 2.22. The standard InChI is InChI=1S/C15H18Cl2N4O3/c1-8(18)20-15(24)21-12(4-5-13(21)22)14(23)19-7-9-2-3-10(16)6-11(9)17/h2-3,6,8,12H,4-5,7,18H2,1H3,(H,19,23)(H,20,24)/t8?,12-/m0/s1. The van der Waals surface area contributed by atoms with Crippen LogP contribution < -0.4 is 16.4 Å². The number of hydrogen-bond donors (Lipinski definition) is 3. The van der Waals surface area contributed by atoms with Gasteiger partial charge in [0.25, 0.3) is 0 Å². The van der Waals surface area contributed by atoms with Crippen molar-refractivity contribution in [2.45, 2.75) is 38.5 Å². The van der Waals surface area contributed by atoms with Crippen molar-refractivity contribution in [1.29, 1.82) is 0 Å². The van der Waals surface area contributed by atoms with E-state index in [9.17, 15) is 14.4 Å². The second kappa shape index (κ2) is 7.83. The van der Waals surface area contributed by atoms with E-state index in [1.54, 1.807) is 25.1 Å². The third-order valence-electron chi connectivity index (χ3n) is 3.55. The summed E-state index contributed by atoms with van der Waals surface area (Å²) in [6.45, 7) is 1.73. The molecule has 130 valence electrons. The number of benzene rings is 1. The van der Waals surface area contributed by atoms with E-state index < -0.39 is 30.1 Å². The maximum Gasteiger partial charge on any atom is 0.326 e. The fourth-order valence-corrected chi connectivity index (χ4v) is 2.89. The van der Waals surface area contributed by atoms with Crippen LogP contribution in [0.5, 0.6) is 0 Å². The molecular weight excluding hydrogens is 355 g/mol. The molecule has 1 aromatic rings. The Hall–Kier alpha value is -1.83. The third-order valence-corrected chi connectivity index (χ3v) is 4.14. The van der Waals surface area contributed by atoms with Gasteiger partial charge in [0, 0.05) is 23.0 Å². The van der Waals surface area contributed by atoms with Crippen molar-refractivity contribution in [1.82, 2.24) is 15.5 Å². The van der Waals surface area contributed by atoms with Crippen LogP contribution in [0.15, 0.2) is 18.2 Å². The van der Waals surface area contributed by atoms with Crippen molar-refractivity contribution in [3.63, 3.8) is 0 Å². The van der Waals surface area contributed by atoms with E-state index in [2.05, 4.69) is 10.6 Å². The Morgan fingerprint density at radius 2 is 2.12 bits per heavy atom. The predicted octanol–water partition coefficient (Wildman–Crippen LogP) is 1.61. The molecule has 4 amide bonds. The van der Waals surface area contributed by atoms with Gasteiger partial charge < -0.3 is 16.4 Å². The molecule has 2 atom stereocenters. The lowest BCUT2D eigenvalue weighted by Gasteiger charge is -2.23. The van der Waals surface area contributed by atoms with Crippen LogP contribution in [0.3, 0.4) is 0 Å². The second-order valence-electron chi connectivity index (χ2n) is 5.51. The van der Waals surface area contributed by atoms with Crippen LogP contribution in [0.4, 0.5) is 4.79 Å². The van der Waals surface area contributed by atoms with Crippen LogP contribution in [0.1, 0.15) is 25.3 Å². The van der Waals surface area contributed by atoms with Crippen LogP contribution in [-0.4, -0.2) is 35.0 Å². The Balaban J connectivity index is 2.02. The van der Waals surface area contributed by atoms with Crippen molar-refractivity contribution in [3.8, 4) is 0 Å². The summed E-state index contributed by atoms with van der Waals surface area (Å²) in [6.07, 6.45) is -0.222. The topological polar surface area (TPSA) is 105 Å². The first-order valence-corrected chi connectivity index (χ1v) is 8.15. The smallest absolute Gasteiger partial charge is 0.326 e. The molecule has 9 heteroatoms. The highest BCUT2D eigenvalue weighted by molar-refractivity contribution is 6.35. The van der Waals surface area contributed by atoms with E-state index in [1.165, 1.54) is 0 Å². The number of rotatable bonds is 4. The molecule has 0 aromatic heterocycles. The number of carbonyl (C=O) groups is 3. The van der Waals surface area contributed by atoms with E-state index >= 15 is 0 Å². The summed E-state index contributed by atoms with van der Waals surface area (Å²) in [4.78, 5) is 37.2. The molecule has 0 radical (unpaired) electrons. The summed E-state index contributed by atoms with van der Waals surface area (Å²) >= 11 is 11.9. The van der Waals surface area contributed by atoms with Crippen molar-refractivity contribution in [3.05, 3.63) is 33.8 Å². The van der Waals surface area contributed by atoms with Gasteiger partial charge in [-0.05, 0) is 31.0 Å². The maximum atomic E-state index is 12.4. The van der Waals surface area contributed by atoms with E-state index in [4.69, 9.17) is 28.9 Å². The molecule has 0 aliphatic carbocycles. The van der Waals surface area contributed by atoms with Gasteiger partial charge in [-0.25, -0.2) is 4.79 Å². The van der Waals surface area contributed by atoms with E-state index in [0.717, 1.165) is 4.90 Å². The zero-order valence-corrected chi connectivity index (χ0v) is 14.5. The molecule has 2 rings (SSSR count). The molecule has 0 bridgehead atoms. The first kappa shape index (κ1) is 18.5. The number of amides is 4. The molecule has 1 aliphatic rings. The van der Waals surface area contributed by atoms with Gasteiger partial charge in [-0.3, -0.25) is 14.5 Å². The van der Waals surface area contributed by atoms with Gasteiger partial charge in [0.1, 0.15) is 6.04 Å². The van der Waals surface area contributed by atoms with Gasteiger partial charge in [0.15, 0.2) is 0 Å². The molecule has 1 unspecified atom stereocenters. The summed E-state index contributed by atoms with van der Waals surface area (Å²) in [5.41, 5.74) is 6.18. The van der Waals surface area contributed by atoms with Crippen molar-refractivity contribution < 1.29 is 14.4 Å². The van der Waals surface area contributed by atoms with E-state index in [-0.39, 0.29) is 19.4 Å². The predicted molar refractivity (Wildman–Crippen MR) is 90.4 cm³/mol. The lowest BCUT2D eigenvalue weighted by molar-refractivity contribution is -0.132. The molecule has 0 spiro atoms. The van der Waals surface area contributed by atoms with Crippen LogP contribution in [-0.2, 0) is 16.1 Å². The Morgan fingerprint density at radius 3 is 2.75 bits per heavy atom. The minimum atomic E-state index is -0.859. The highest BCUT2D eigenvalue weighted by Gasteiger charge is 2.40. The number of hydrogen-bond acceptors (Lipinski definition) is 4. The molecule has 1 saturated heterocycles. The van der Waals surface area contributed by atoms with Gasteiger partial charge in [-0.1, -0.05) is 29.3 Å². The zero-order chi connectivity index (χ0) is 17.9. The average molecular weight is 373 g/mol. The Bertz CT molecular complexity index is 666. The van der Waals surface area contributed by atoms with Crippen molar-refractivity contribution in [2.75, 3.05) is 0 Å². The van der Waals surface area contributed by atoms with Gasteiger partial charge in [0.05, 0.1) is 6.17 Å². The van der Waals surface area contributed by atoms with Crippen LogP contribution in [0, 0.1) is 0 Å². The molecule has 1 aromatic carbocycles. The Labute approximate surface area is 149 Å². The normalized spacial score (nSPS) is 18.4. The van der Waals surface area contributed by atoms with Crippen LogP contribution in [0.2, 0.25) is 10.0 Å². The fraction of sp³-hybridized carbons (Fsp3) is 0.400. The van der Waals surface area contributed by atoms with Gasteiger partial charge in [-0.2, -0.15) is 0 Å². The summed E-state index contributed by atoms with van der Waals surface area (Å²) in [6, 6.07) is 3.41. The molecule has 1 heterocycles. The Kier molecular flexibility index (Phi) is 6.04. The number of likely N-dealkylation sites (tertiary alicyclic amines) is 1. The number of nitrogens with one attached hydrogen (secondary N) is 2. The molecule has 24 heavy (non-hydrogen) atoms. The maximum absolute atomic E-state index is 12.4. The monoisotopic (exact) mass is 372 g/mol. The third kappa shape index (κ3) is 4.37. The number of halogens is 2. The average Bonchev–Trinajstić information content (AvgIpc) is 2.87. The first-order chi connectivity index (χ1) is 11.3. The van der Waals surface area contributed by atoms with Gasteiger partial charge >= 0.3 is 6.03 Å². The van der Waals surface area contributed by atoms with E-state index in [0.29, 0.717) is 15.6 Å². The molecule has 1 aliphatic heterocycles. The highest BCUT2D eigenvalue weighted by atomic mass is 35.5. The summed E-state index contributed by atoms with van der Waals surface area (Å²) in [5, 5.41) is 6.03. The zero-order valence-electron chi connectivity index (χ0n) is 13.0. The molecular formula is C15H18Cl2N4O3. The minimum Gasteiger partial charge on any atom is -0.350 e. The first-order valence-electron chi connectivity index (χ1n) is 7.39. The quantitative estimate of drug-likeness (QED) is 0.698. The summed E-state index contributed by atoms with van der Waals surface area (Å²) in [7, 11) is 0. The molecule has 4 N–H and O–H groups in total. The number of nitrogens with zero attached hydrogens (tertiary/aromatic N) is 1. The van der Waals surface area contributed by atoms with Crippen molar-refractivity contribution >= 4 is 41.0 Å². The number of imide groups is 1. The van der Waals surface area contributed by atoms with Gasteiger partial charge in [0.2, 0.25) is 11.8 Å². The Morgan fingerprint density at radius 1 is 1.42 bits per heavy atom. The van der Waals surface area contributed by atoms with E-state index in [1.807, 2.05) is 0 Å². The lowest BCUT2D eigenvalue weighted by Crippen LogP contribution is -2.54. The fourth-order valence-electron chi connectivity index (χ4n) is 2.42. The molecule has 1 fully saturated rings. The SMILES string of the molecule is CC(N)NC(=O)N1C(=O)CC[C@H]1C(=O)NCc1ccc(Cl)cc1Cl. The lowest BCUT2D eigenvalue weighted by atomic mass is 10.2. The largest absolute Gasteiger partial charge is 0.350 e. The number of urea groups is 1. The van der Waals surface area contributed by atoms with Gasteiger partial charge in [-0.15, -0.1) is 0 Å². The summed E-state index contributed by atoms with van der Waals surface area (Å²) < 4.78 is 0. The van der Waals surface area contributed by atoms with Crippen LogP contribution >= 0.6 is 23.2 Å². The van der Waals surface area contributed by atoms with Crippen molar-refractivity contribution in [2.24, 2.45) is 5.73 Å². The number of nitrogens with two attached hydrogens (primary N) is 1. The summed E-state index contributed by atoms with van der Waals surface area (Å²) in [5.74, 6) is -0.829. The number of carbonyl (C=O) groups excluding carboxylic acids is 3. The molecule has 7 nitrogen and oxygen atoms in total. The molecule has 0 saturated carbocycles. The minimum absolute atomic E-state index is 0.131. The second-order valence-corrected chi connectivity index (χ2v) is 6.35. The van der Waals surface area contributed by atoms with Crippen LogP contribution in [0.25, 0.3) is 0 Å².